The number of hydrogen-bond acceptors (Lipinski definition) is 7. The molecule has 12 heteroatoms. The number of sulfonamides is 2. The van der Waals surface area contributed by atoms with Gasteiger partial charge in [0, 0.05) is 19.6 Å². The Bertz CT molecular complexity index is 1180. The zero-order chi connectivity index (χ0) is 24.8. The van der Waals surface area contributed by atoms with Crippen LogP contribution < -0.4 is 19.5 Å². The van der Waals surface area contributed by atoms with Gasteiger partial charge in [-0.15, -0.1) is 0 Å². The van der Waals surface area contributed by atoms with Crippen molar-refractivity contribution >= 4 is 31.6 Å². The fourth-order valence-electron chi connectivity index (χ4n) is 2.73. The summed E-state index contributed by atoms with van der Waals surface area (Å²) in [5, 5.41) is 2.60. The monoisotopic (exact) mass is 499 g/mol. The smallest absolute Gasteiger partial charge is 0.262 e. The Morgan fingerprint density at radius 3 is 2.24 bits per heavy atom. The number of carbonyl (C=O) groups excluding carboxylic acids is 1. The van der Waals surface area contributed by atoms with Gasteiger partial charge in [-0.2, -0.15) is 0 Å². The summed E-state index contributed by atoms with van der Waals surface area (Å²) in [5.74, 6) is 0.201. The van der Waals surface area contributed by atoms with E-state index in [4.69, 9.17) is 9.47 Å². The highest BCUT2D eigenvalue weighted by Crippen LogP contribution is 2.27. The predicted octanol–water partition coefficient (Wildman–Crippen LogP) is 1.79. The fourth-order valence-corrected chi connectivity index (χ4v) is 4.39. The van der Waals surface area contributed by atoms with E-state index >= 15 is 0 Å². The second kappa shape index (κ2) is 11.0. The second-order valence-corrected chi connectivity index (χ2v) is 11.4. The van der Waals surface area contributed by atoms with Crippen LogP contribution in [0.2, 0.25) is 0 Å². The Kier molecular flexibility index (Phi) is 8.83. The normalized spacial score (nSPS) is 12.1. The van der Waals surface area contributed by atoms with Crippen molar-refractivity contribution in [2.24, 2.45) is 0 Å². The number of hydrogen-bond donors (Lipinski definition) is 2. The molecule has 0 aliphatic carbocycles. The zero-order valence-corrected chi connectivity index (χ0v) is 20.8. The molecule has 0 atom stereocenters. The van der Waals surface area contributed by atoms with Crippen LogP contribution >= 0.6 is 0 Å². The van der Waals surface area contributed by atoms with Gasteiger partial charge in [-0.1, -0.05) is 12.1 Å². The minimum absolute atomic E-state index is 0.0112. The molecule has 2 N–H and O–H groups in total. The third-order valence-corrected chi connectivity index (χ3v) is 7.33. The molecule has 2 aromatic carbocycles. The van der Waals surface area contributed by atoms with Crippen LogP contribution in [0.25, 0.3) is 0 Å². The molecular weight excluding hydrogens is 470 g/mol. The van der Waals surface area contributed by atoms with E-state index in [0.29, 0.717) is 11.5 Å². The average Bonchev–Trinajstić information content (AvgIpc) is 2.71. The summed E-state index contributed by atoms with van der Waals surface area (Å²) >= 11 is 0. The number of nitrogens with one attached hydrogen (secondary N) is 2. The van der Waals surface area contributed by atoms with Gasteiger partial charge in [0.2, 0.25) is 20.0 Å². The first-order chi connectivity index (χ1) is 15.3. The lowest BCUT2D eigenvalue weighted by atomic mass is 10.2. The van der Waals surface area contributed by atoms with Crippen LogP contribution in [0, 0.1) is 0 Å². The molecule has 0 aliphatic rings. The minimum Gasteiger partial charge on any atom is -0.495 e. The number of rotatable bonds is 11. The van der Waals surface area contributed by atoms with Crippen LogP contribution in [0.5, 0.6) is 11.5 Å². The number of methoxy groups -OCH3 is 1. The maximum Gasteiger partial charge on any atom is 0.262 e. The van der Waals surface area contributed by atoms with Crippen LogP contribution in [-0.4, -0.2) is 60.1 Å². The van der Waals surface area contributed by atoms with Gasteiger partial charge in [-0.3, -0.25) is 4.79 Å². The number of ether oxygens (including phenoxy) is 2. The third-order valence-electron chi connectivity index (χ3n) is 4.41. The van der Waals surface area contributed by atoms with E-state index in [1.54, 1.807) is 38.1 Å². The third kappa shape index (κ3) is 8.00. The Labute approximate surface area is 195 Å². The lowest BCUT2D eigenvalue weighted by Crippen LogP contribution is -2.30. The van der Waals surface area contributed by atoms with E-state index in [0.717, 1.165) is 11.8 Å². The molecule has 10 nitrogen and oxygen atoms in total. The van der Waals surface area contributed by atoms with Crippen molar-refractivity contribution < 1.29 is 31.1 Å². The molecule has 0 aromatic heterocycles. The zero-order valence-electron chi connectivity index (χ0n) is 19.2. The highest BCUT2D eigenvalue weighted by molar-refractivity contribution is 7.89. The molecular formula is C21H29N3O7S2. The number of nitrogens with zero attached hydrogens (tertiary/aromatic N) is 1. The summed E-state index contributed by atoms with van der Waals surface area (Å²) in [7, 11) is -4.15. The molecule has 0 saturated carbocycles. The molecule has 0 heterocycles. The van der Waals surface area contributed by atoms with Crippen molar-refractivity contribution in [1.29, 1.82) is 0 Å². The van der Waals surface area contributed by atoms with Crippen LogP contribution in [0.15, 0.2) is 47.4 Å². The van der Waals surface area contributed by atoms with Gasteiger partial charge in [0.1, 0.15) is 11.5 Å². The summed E-state index contributed by atoms with van der Waals surface area (Å²) in [6, 6.07) is 10.5. The van der Waals surface area contributed by atoms with Gasteiger partial charge >= 0.3 is 0 Å². The molecule has 0 radical (unpaired) electrons. The first-order valence-electron chi connectivity index (χ1n) is 9.95. The maximum atomic E-state index is 12.4. The standard InChI is InChI=1S/C21H29N3O7S2/c1-15(2)23-33(28,29)18-10-11-20(30-4)19(12-18)22-21(25)14-31-17-8-6-16(7-9-17)13-24(3)32(5,26)27/h6-12,15,23H,13-14H2,1-5H3,(H,22,25). The van der Waals surface area contributed by atoms with Crippen molar-refractivity contribution in [1.82, 2.24) is 9.03 Å². The predicted molar refractivity (Wildman–Crippen MR) is 125 cm³/mol. The highest BCUT2D eigenvalue weighted by atomic mass is 32.2. The minimum atomic E-state index is -3.75. The van der Waals surface area contributed by atoms with Gasteiger partial charge in [0.05, 0.1) is 23.9 Å². The summed E-state index contributed by atoms with van der Waals surface area (Å²) < 4.78 is 62.2. The van der Waals surface area contributed by atoms with Gasteiger partial charge in [-0.25, -0.2) is 25.9 Å². The van der Waals surface area contributed by atoms with Crippen molar-refractivity contribution in [2.45, 2.75) is 31.3 Å². The lowest BCUT2D eigenvalue weighted by molar-refractivity contribution is -0.118. The quantitative estimate of drug-likeness (QED) is 0.482. The first-order valence-corrected chi connectivity index (χ1v) is 13.3. The summed E-state index contributed by atoms with van der Waals surface area (Å²) in [6.45, 7) is 3.30. The first kappa shape index (κ1) is 26.6. The van der Waals surface area contributed by atoms with Crippen molar-refractivity contribution in [3.8, 4) is 11.5 Å². The maximum absolute atomic E-state index is 12.4. The van der Waals surface area contributed by atoms with Crippen molar-refractivity contribution in [3.05, 3.63) is 48.0 Å². The Balaban J connectivity index is 2.04. The van der Waals surface area contributed by atoms with Crippen molar-refractivity contribution in [2.75, 3.05) is 32.3 Å². The van der Waals surface area contributed by atoms with E-state index in [-0.39, 0.29) is 29.8 Å². The van der Waals surface area contributed by atoms with Crippen LogP contribution in [0.4, 0.5) is 5.69 Å². The van der Waals surface area contributed by atoms with E-state index in [9.17, 15) is 21.6 Å². The molecule has 0 fully saturated rings. The number of anilines is 1. The molecule has 0 unspecified atom stereocenters. The second-order valence-electron chi connectivity index (χ2n) is 7.64. The Morgan fingerprint density at radius 1 is 1.06 bits per heavy atom. The molecule has 0 bridgehead atoms. The molecule has 182 valence electrons. The van der Waals surface area contributed by atoms with Gasteiger partial charge in [0.15, 0.2) is 6.61 Å². The van der Waals surface area contributed by atoms with E-state index in [1.165, 1.54) is 36.7 Å². The van der Waals surface area contributed by atoms with Crippen LogP contribution in [0.3, 0.4) is 0 Å². The molecule has 0 saturated heterocycles. The van der Waals surface area contributed by atoms with Gasteiger partial charge < -0.3 is 14.8 Å². The molecule has 2 aromatic rings. The Hall–Kier alpha value is -2.67. The van der Waals surface area contributed by atoms with E-state index < -0.39 is 26.0 Å². The Morgan fingerprint density at radius 2 is 1.70 bits per heavy atom. The largest absolute Gasteiger partial charge is 0.495 e. The average molecular weight is 500 g/mol. The van der Waals surface area contributed by atoms with Crippen LogP contribution in [-0.2, 0) is 31.4 Å². The lowest BCUT2D eigenvalue weighted by Gasteiger charge is -2.15. The SMILES string of the molecule is COc1ccc(S(=O)(=O)NC(C)C)cc1NC(=O)COc1ccc(CN(C)S(C)(=O)=O)cc1. The van der Waals surface area contributed by atoms with Crippen LogP contribution in [0.1, 0.15) is 19.4 Å². The number of carbonyl (C=O) groups is 1. The summed E-state index contributed by atoms with van der Waals surface area (Å²) in [5.41, 5.74) is 0.953. The molecule has 1 amide bonds. The molecule has 2 rings (SSSR count). The number of benzene rings is 2. The molecule has 33 heavy (non-hydrogen) atoms. The summed E-state index contributed by atoms with van der Waals surface area (Å²) in [6.07, 6.45) is 1.13. The fraction of sp³-hybridized carbons (Fsp3) is 0.381. The topological polar surface area (TPSA) is 131 Å². The van der Waals surface area contributed by atoms with Gasteiger partial charge in [0.25, 0.3) is 5.91 Å². The van der Waals surface area contributed by atoms with Crippen molar-refractivity contribution in [3.63, 3.8) is 0 Å². The number of amides is 1. The molecule has 0 spiro atoms. The van der Waals surface area contributed by atoms with E-state index in [2.05, 4.69) is 10.0 Å². The molecule has 0 aliphatic heterocycles. The van der Waals surface area contributed by atoms with E-state index in [1.807, 2.05) is 0 Å². The summed E-state index contributed by atoms with van der Waals surface area (Å²) in [4.78, 5) is 12.4. The van der Waals surface area contributed by atoms with Gasteiger partial charge in [-0.05, 0) is 49.7 Å². The highest BCUT2D eigenvalue weighted by Gasteiger charge is 2.19.